The lowest BCUT2D eigenvalue weighted by Gasteiger charge is -2.32. The topological polar surface area (TPSA) is 87.7 Å². The van der Waals surface area contributed by atoms with Crippen LogP contribution >= 0.6 is 0 Å². The van der Waals surface area contributed by atoms with Gasteiger partial charge in [0.05, 0.1) is 0 Å². The molecule has 0 unspecified atom stereocenters. The van der Waals surface area contributed by atoms with Crippen molar-refractivity contribution in [3.63, 3.8) is 0 Å². The standard InChI is InChI=1S/C19H27N3O4/c1-13(23)20-15-6-5-7-16(12-15)21-17(24)14-8-10-22(11-9-14)18(25)26-19(2,3)4/h5-7,12,14H,8-11H2,1-4H3,(H,20,23)(H,21,24). The molecule has 142 valence electrons. The Morgan fingerprint density at radius 2 is 1.65 bits per heavy atom. The van der Waals surface area contributed by atoms with Crippen LogP contribution in [0.15, 0.2) is 24.3 Å². The van der Waals surface area contributed by atoms with Crippen LogP contribution in [0.1, 0.15) is 40.5 Å². The average Bonchev–Trinajstić information content (AvgIpc) is 2.53. The van der Waals surface area contributed by atoms with Crippen molar-refractivity contribution in [3.8, 4) is 0 Å². The van der Waals surface area contributed by atoms with Crippen LogP contribution in [0.3, 0.4) is 0 Å². The van der Waals surface area contributed by atoms with E-state index in [9.17, 15) is 14.4 Å². The van der Waals surface area contributed by atoms with Gasteiger partial charge in [0, 0.05) is 37.3 Å². The predicted octanol–water partition coefficient (Wildman–Crippen LogP) is 3.23. The van der Waals surface area contributed by atoms with Gasteiger partial charge in [-0.25, -0.2) is 4.79 Å². The predicted molar refractivity (Wildman–Crippen MR) is 99.9 cm³/mol. The fourth-order valence-corrected chi connectivity index (χ4v) is 2.77. The van der Waals surface area contributed by atoms with E-state index in [1.165, 1.54) is 6.92 Å². The van der Waals surface area contributed by atoms with E-state index in [0.29, 0.717) is 37.3 Å². The third-order valence-electron chi connectivity index (χ3n) is 3.97. The van der Waals surface area contributed by atoms with Gasteiger partial charge in [-0.05, 0) is 51.8 Å². The number of rotatable bonds is 3. The Morgan fingerprint density at radius 1 is 1.08 bits per heavy atom. The molecule has 26 heavy (non-hydrogen) atoms. The monoisotopic (exact) mass is 361 g/mol. The Hall–Kier alpha value is -2.57. The van der Waals surface area contributed by atoms with Crippen molar-refractivity contribution in [3.05, 3.63) is 24.3 Å². The van der Waals surface area contributed by atoms with E-state index >= 15 is 0 Å². The molecule has 2 N–H and O–H groups in total. The van der Waals surface area contributed by atoms with E-state index in [2.05, 4.69) is 10.6 Å². The molecular formula is C19H27N3O4. The fraction of sp³-hybridized carbons (Fsp3) is 0.526. The summed E-state index contributed by atoms with van der Waals surface area (Å²) in [7, 11) is 0. The Kier molecular flexibility index (Phi) is 6.23. The SMILES string of the molecule is CC(=O)Nc1cccc(NC(=O)C2CCN(C(=O)OC(C)(C)C)CC2)c1. The highest BCUT2D eigenvalue weighted by Gasteiger charge is 2.29. The molecule has 3 amide bonds. The number of likely N-dealkylation sites (tertiary alicyclic amines) is 1. The van der Waals surface area contributed by atoms with Crippen LogP contribution in [0.25, 0.3) is 0 Å². The van der Waals surface area contributed by atoms with Gasteiger partial charge in [-0.15, -0.1) is 0 Å². The van der Waals surface area contributed by atoms with Gasteiger partial charge in [-0.1, -0.05) is 6.07 Å². The van der Waals surface area contributed by atoms with Crippen molar-refractivity contribution in [2.24, 2.45) is 5.92 Å². The van der Waals surface area contributed by atoms with E-state index < -0.39 is 5.60 Å². The van der Waals surface area contributed by atoms with Crippen LogP contribution in [0.5, 0.6) is 0 Å². The van der Waals surface area contributed by atoms with Crippen molar-refractivity contribution < 1.29 is 19.1 Å². The molecule has 0 saturated carbocycles. The van der Waals surface area contributed by atoms with E-state index in [1.807, 2.05) is 20.8 Å². The molecule has 1 fully saturated rings. The first kappa shape index (κ1) is 19.8. The summed E-state index contributed by atoms with van der Waals surface area (Å²) in [5.41, 5.74) is 0.746. The fourth-order valence-electron chi connectivity index (χ4n) is 2.77. The van der Waals surface area contributed by atoms with E-state index in [1.54, 1.807) is 29.2 Å². The number of ether oxygens (including phenoxy) is 1. The Morgan fingerprint density at radius 3 is 2.19 bits per heavy atom. The highest BCUT2D eigenvalue weighted by atomic mass is 16.6. The summed E-state index contributed by atoms with van der Waals surface area (Å²) in [6.45, 7) is 7.93. The molecule has 0 radical (unpaired) electrons. The number of benzene rings is 1. The van der Waals surface area contributed by atoms with Gasteiger partial charge in [0.2, 0.25) is 11.8 Å². The van der Waals surface area contributed by atoms with Crippen molar-refractivity contribution in [2.45, 2.75) is 46.1 Å². The third kappa shape index (κ3) is 6.06. The number of hydrogen-bond donors (Lipinski definition) is 2. The second kappa shape index (κ2) is 8.21. The molecule has 1 heterocycles. The maximum absolute atomic E-state index is 12.5. The summed E-state index contributed by atoms with van der Waals surface area (Å²) in [5, 5.41) is 5.57. The first-order valence-corrected chi connectivity index (χ1v) is 8.80. The molecule has 0 bridgehead atoms. The van der Waals surface area contributed by atoms with Crippen LogP contribution < -0.4 is 10.6 Å². The van der Waals surface area contributed by atoms with E-state index in [0.717, 1.165) is 0 Å². The molecule has 0 aliphatic carbocycles. The molecule has 2 rings (SSSR count). The van der Waals surface area contributed by atoms with Crippen LogP contribution in [-0.2, 0) is 14.3 Å². The minimum Gasteiger partial charge on any atom is -0.444 e. The van der Waals surface area contributed by atoms with Gasteiger partial charge in [0.1, 0.15) is 5.60 Å². The van der Waals surface area contributed by atoms with Crippen molar-refractivity contribution in [1.29, 1.82) is 0 Å². The number of carbonyl (C=O) groups is 3. The second-order valence-electron chi connectivity index (χ2n) is 7.49. The summed E-state index contributed by atoms with van der Waals surface area (Å²) in [4.78, 5) is 37.3. The van der Waals surface area contributed by atoms with E-state index in [4.69, 9.17) is 4.74 Å². The zero-order valence-corrected chi connectivity index (χ0v) is 15.8. The highest BCUT2D eigenvalue weighted by Crippen LogP contribution is 2.22. The van der Waals surface area contributed by atoms with Gasteiger partial charge in [0.25, 0.3) is 0 Å². The molecule has 1 saturated heterocycles. The Balaban J connectivity index is 1.87. The van der Waals surface area contributed by atoms with Crippen LogP contribution in [-0.4, -0.2) is 41.5 Å². The Bertz CT molecular complexity index is 674. The van der Waals surface area contributed by atoms with Crippen molar-refractivity contribution in [2.75, 3.05) is 23.7 Å². The molecule has 0 spiro atoms. The average molecular weight is 361 g/mol. The number of hydrogen-bond acceptors (Lipinski definition) is 4. The van der Waals surface area contributed by atoms with Gasteiger partial charge in [0.15, 0.2) is 0 Å². The van der Waals surface area contributed by atoms with Gasteiger partial charge in [-0.2, -0.15) is 0 Å². The summed E-state index contributed by atoms with van der Waals surface area (Å²) in [6.07, 6.45) is 0.854. The molecule has 1 aliphatic heterocycles. The molecule has 0 atom stereocenters. The number of carbonyl (C=O) groups excluding carboxylic acids is 3. The quantitative estimate of drug-likeness (QED) is 0.865. The third-order valence-corrected chi connectivity index (χ3v) is 3.97. The van der Waals surface area contributed by atoms with Gasteiger partial charge < -0.3 is 20.3 Å². The van der Waals surface area contributed by atoms with E-state index in [-0.39, 0.29) is 23.8 Å². The molecule has 1 aromatic carbocycles. The number of piperidine rings is 1. The molecule has 7 heteroatoms. The minimum atomic E-state index is -0.524. The Labute approximate surface area is 154 Å². The number of nitrogens with one attached hydrogen (secondary N) is 2. The molecule has 0 aromatic heterocycles. The summed E-state index contributed by atoms with van der Waals surface area (Å²) < 4.78 is 5.37. The largest absolute Gasteiger partial charge is 0.444 e. The van der Waals surface area contributed by atoms with Gasteiger partial charge >= 0.3 is 6.09 Å². The number of nitrogens with zero attached hydrogens (tertiary/aromatic N) is 1. The van der Waals surface area contributed by atoms with Gasteiger partial charge in [-0.3, -0.25) is 9.59 Å². The summed E-state index contributed by atoms with van der Waals surface area (Å²) >= 11 is 0. The second-order valence-corrected chi connectivity index (χ2v) is 7.49. The van der Waals surface area contributed by atoms with Crippen LogP contribution in [0, 0.1) is 5.92 Å². The highest BCUT2D eigenvalue weighted by molar-refractivity contribution is 5.94. The lowest BCUT2D eigenvalue weighted by molar-refractivity contribution is -0.121. The number of amides is 3. The molecular weight excluding hydrogens is 334 g/mol. The minimum absolute atomic E-state index is 0.0752. The summed E-state index contributed by atoms with van der Waals surface area (Å²) in [6, 6.07) is 7.02. The van der Waals surface area contributed by atoms with Crippen LogP contribution in [0.2, 0.25) is 0 Å². The van der Waals surface area contributed by atoms with Crippen molar-refractivity contribution in [1.82, 2.24) is 4.90 Å². The molecule has 1 aromatic rings. The zero-order chi connectivity index (χ0) is 19.3. The lowest BCUT2D eigenvalue weighted by atomic mass is 9.96. The molecule has 1 aliphatic rings. The first-order chi connectivity index (χ1) is 12.1. The molecule has 7 nitrogen and oxygen atoms in total. The van der Waals surface area contributed by atoms with Crippen molar-refractivity contribution >= 4 is 29.3 Å². The maximum Gasteiger partial charge on any atom is 0.410 e. The smallest absolute Gasteiger partial charge is 0.410 e. The number of anilines is 2. The summed E-state index contributed by atoms with van der Waals surface area (Å²) in [5.74, 6) is -0.394. The van der Waals surface area contributed by atoms with Crippen LogP contribution in [0.4, 0.5) is 16.2 Å². The zero-order valence-electron chi connectivity index (χ0n) is 15.8. The first-order valence-electron chi connectivity index (χ1n) is 8.80. The lowest BCUT2D eigenvalue weighted by Crippen LogP contribution is -2.43. The maximum atomic E-state index is 12.5. The normalized spacial score (nSPS) is 15.3.